The van der Waals surface area contributed by atoms with Crippen molar-refractivity contribution in [2.45, 2.75) is 262 Å². The van der Waals surface area contributed by atoms with Gasteiger partial charge in [0.1, 0.15) is 30.5 Å². The number of nitrogens with one attached hydrogen (secondary N) is 1. The number of aliphatic hydroxyl groups is 6. The monoisotopic (exact) mass is 774 g/mol. The van der Waals surface area contributed by atoms with Gasteiger partial charge < -0.3 is 45.4 Å². The molecule has 1 saturated heterocycles. The Balaban J connectivity index is 2.38. The first-order valence-electron chi connectivity index (χ1n) is 22.8. The summed E-state index contributed by atoms with van der Waals surface area (Å²) in [4.78, 5) is 13.0. The number of rotatable bonds is 38. The Bertz CT molecular complexity index is 834. The van der Waals surface area contributed by atoms with Gasteiger partial charge in [-0.2, -0.15) is 0 Å². The Morgan fingerprint density at radius 1 is 0.556 bits per heavy atom. The quantitative estimate of drug-likeness (QED) is 0.0306. The molecule has 322 valence electrons. The molecule has 1 fully saturated rings. The average molecular weight is 774 g/mol. The van der Waals surface area contributed by atoms with Crippen molar-refractivity contribution in [3.63, 3.8) is 0 Å². The van der Waals surface area contributed by atoms with E-state index < -0.39 is 61.5 Å². The van der Waals surface area contributed by atoms with E-state index in [1.54, 1.807) is 0 Å². The van der Waals surface area contributed by atoms with E-state index in [0.29, 0.717) is 12.8 Å². The van der Waals surface area contributed by atoms with Crippen molar-refractivity contribution in [1.82, 2.24) is 5.32 Å². The van der Waals surface area contributed by atoms with Gasteiger partial charge in [0, 0.05) is 0 Å². The van der Waals surface area contributed by atoms with Crippen molar-refractivity contribution < 1.29 is 44.9 Å². The minimum atomic E-state index is -1.59. The highest BCUT2D eigenvalue weighted by Gasteiger charge is 2.44. The van der Waals surface area contributed by atoms with Crippen LogP contribution in [0.2, 0.25) is 0 Å². The van der Waals surface area contributed by atoms with E-state index in [-0.39, 0.29) is 6.61 Å². The Morgan fingerprint density at radius 2 is 0.926 bits per heavy atom. The second kappa shape index (κ2) is 35.3. The fraction of sp³-hybridized carbons (Fsp3) is 0.977. The third kappa shape index (κ3) is 25.4. The van der Waals surface area contributed by atoms with Crippen LogP contribution in [0.25, 0.3) is 0 Å². The first-order valence-corrected chi connectivity index (χ1v) is 22.8. The normalized spacial score (nSPS) is 22.0. The molecule has 1 aliphatic heterocycles. The van der Waals surface area contributed by atoms with Crippen LogP contribution in [-0.2, 0) is 14.3 Å². The maximum atomic E-state index is 13.0. The molecule has 0 aromatic carbocycles. The van der Waals surface area contributed by atoms with Crippen LogP contribution < -0.4 is 5.32 Å². The van der Waals surface area contributed by atoms with E-state index >= 15 is 0 Å². The molecule has 10 nitrogen and oxygen atoms in total. The molecule has 1 heterocycles. The van der Waals surface area contributed by atoms with Gasteiger partial charge in [-0.05, 0) is 12.8 Å². The summed E-state index contributed by atoms with van der Waals surface area (Å²) in [7, 11) is 0. The van der Waals surface area contributed by atoms with E-state index in [0.717, 1.165) is 44.9 Å². The zero-order valence-corrected chi connectivity index (χ0v) is 34.9. The van der Waals surface area contributed by atoms with Crippen LogP contribution in [0.15, 0.2) is 0 Å². The largest absolute Gasteiger partial charge is 0.394 e. The standard InChI is InChI=1S/C44H87NO9/c1-3-5-7-9-11-13-15-17-18-19-21-23-25-27-29-31-33-38(48)43(52)45-36(35-53-44-42(51)41(50)40(49)39(34-46)54-44)37(47)32-30-28-26-24-22-20-16-14-12-10-8-6-4-2/h36-42,44,46-51H,3-35H2,1-2H3,(H,45,52)/t36-,37+,38+,39+,40+,41?,42?,44+/m0/s1. The zero-order chi connectivity index (χ0) is 39.7. The van der Waals surface area contributed by atoms with Crippen LogP contribution in [0.1, 0.15) is 213 Å². The third-order valence-corrected chi connectivity index (χ3v) is 11.3. The zero-order valence-electron chi connectivity index (χ0n) is 34.9. The van der Waals surface area contributed by atoms with E-state index in [1.165, 1.54) is 141 Å². The summed E-state index contributed by atoms with van der Waals surface area (Å²) < 4.78 is 11.2. The number of hydrogen-bond acceptors (Lipinski definition) is 9. The number of aliphatic hydroxyl groups excluding tert-OH is 6. The molecular weight excluding hydrogens is 686 g/mol. The number of ether oxygens (including phenoxy) is 2. The molecule has 1 amide bonds. The minimum absolute atomic E-state index is 0.250. The van der Waals surface area contributed by atoms with Crippen molar-refractivity contribution in [1.29, 1.82) is 0 Å². The molecule has 0 aliphatic carbocycles. The van der Waals surface area contributed by atoms with Crippen LogP contribution in [0.4, 0.5) is 0 Å². The van der Waals surface area contributed by atoms with E-state index in [1.807, 2.05) is 0 Å². The molecule has 7 N–H and O–H groups in total. The number of carbonyl (C=O) groups excluding carboxylic acids is 1. The summed E-state index contributed by atoms with van der Waals surface area (Å²) in [6, 6.07) is -0.886. The molecular formula is C44H87NO9. The van der Waals surface area contributed by atoms with Gasteiger partial charge in [-0.1, -0.05) is 200 Å². The second-order valence-electron chi connectivity index (χ2n) is 16.4. The molecule has 0 bridgehead atoms. The van der Waals surface area contributed by atoms with Gasteiger partial charge in [-0.25, -0.2) is 0 Å². The van der Waals surface area contributed by atoms with Crippen molar-refractivity contribution >= 4 is 5.91 Å². The van der Waals surface area contributed by atoms with Crippen molar-refractivity contribution in [3.8, 4) is 0 Å². The van der Waals surface area contributed by atoms with Gasteiger partial charge >= 0.3 is 0 Å². The smallest absolute Gasteiger partial charge is 0.249 e. The molecule has 0 saturated carbocycles. The summed E-state index contributed by atoms with van der Waals surface area (Å²) in [6.45, 7) is 3.67. The molecule has 0 radical (unpaired) electrons. The van der Waals surface area contributed by atoms with Crippen LogP contribution in [0.5, 0.6) is 0 Å². The van der Waals surface area contributed by atoms with Crippen molar-refractivity contribution in [2.75, 3.05) is 13.2 Å². The fourth-order valence-corrected chi connectivity index (χ4v) is 7.52. The third-order valence-electron chi connectivity index (χ3n) is 11.3. The fourth-order valence-electron chi connectivity index (χ4n) is 7.52. The summed E-state index contributed by atoms with van der Waals surface area (Å²) >= 11 is 0. The Hall–Kier alpha value is -0.850. The molecule has 1 aliphatic rings. The summed E-state index contributed by atoms with van der Waals surface area (Å²) in [5.41, 5.74) is 0. The minimum Gasteiger partial charge on any atom is -0.394 e. The Kier molecular flexibility index (Phi) is 33.5. The Morgan fingerprint density at radius 3 is 1.31 bits per heavy atom. The summed E-state index contributed by atoms with van der Waals surface area (Å²) in [5, 5.41) is 64.8. The first kappa shape index (κ1) is 51.2. The lowest BCUT2D eigenvalue weighted by Crippen LogP contribution is -2.60. The second-order valence-corrected chi connectivity index (χ2v) is 16.4. The number of hydrogen-bond donors (Lipinski definition) is 7. The van der Waals surface area contributed by atoms with Crippen molar-refractivity contribution in [2.24, 2.45) is 0 Å². The molecule has 10 heteroatoms. The van der Waals surface area contributed by atoms with Gasteiger partial charge in [0.05, 0.1) is 25.4 Å². The molecule has 0 aromatic heterocycles. The first-order chi connectivity index (χ1) is 26.3. The van der Waals surface area contributed by atoms with Gasteiger partial charge in [-0.15, -0.1) is 0 Å². The molecule has 1 rings (SSSR count). The van der Waals surface area contributed by atoms with Gasteiger partial charge in [0.25, 0.3) is 0 Å². The highest BCUT2D eigenvalue weighted by Crippen LogP contribution is 2.23. The molecule has 0 aromatic rings. The molecule has 2 unspecified atom stereocenters. The lowest BCUT2D eigenvalue weighted by atomic mass is 9.99. The molecule has 8 atom stereocenters. The van der Waals surface area contributed by atoms with Crippen LogP contribution >= 0.6 is 0 Å². The number of carbonyl (C=O) groups is 1. The highest BCUT2D eigenvalue weighted by atomic mass is 16.7. The summed E-state index contributed by atoms with van der Waals surface area (Å²) in [5.74, 6) is -0.581. The molecule has 54 heavy (non-hydrogen) atoms. The topological polar surface area (TPSA) is 169 Å². The van der Waals surface area contributed by atoms with E-state index in [4.69, 9.17) is 9.47 Å². The SMILES string of the molecule is CCCCCCCCCCCCCCCCCC[C@@H](O)C(=O)N[C@@H](CO[C@@H]1O[C@H](CO)[C@@H](O)C(O)C1O)[C@H](O)CCCCCCCCCCCCCCC. The lowest BCUT2D eigenvalue weighted by Gasteiger charge is -2.40. The van der Waals surface area contributed by atoms with Gasteiger partial charge in [-0.3, -0.25) is 4.79 Å². The highest BCUT2D eigenvalue weighted by molar-refractivity contribution is 5.80. The lowest BCUT2D eigenvalue weighted by molar-refractivity contribution is -0.302. The number of amides is 1. The van der Waals surface area contributed by atoms with Crippen LogP contribution in [0.3, 0.4) is 0 Å². The summed E-state index contributed by atoms with van der Waals surface area (Å²) in [6.07, 6.45) is 27.2. The van der Waals surface area contributed by atoms with Crippen molar-refractivity contribution in [3.05, 3.63) is 0 Å². The van der Waals surface area contributed by atoms with Gasteiger partial charge in [0.15, 0.2) is 6.29 Å². The van der Waals surface area contributed by atoms with Crippen LogP contribution in [-0.4, -0.2) is 98.7 Å². The molecule has 0 spiro atoms. The van der Waals surface area contributed by atoms with Crippen LogP contribution in [0, 0.1) is 0 Å². The Labute approximate surface area is 330 Å². The number of unbranched alkanes of at least 4 members (excludes halogenated alkanes) is 27. The van der Waals surface area contributed by atoms with E-state index in [9.17, 15) is 35.4 Å². The predicted molar refractivity (Wildman–Crippen MR) is 218 cm³/mol. The van der Waals surface area contributed by atoms with E-state index in [2.05, 4.69) is 19.2 Å². The van der Waals surface area contributed by atoms with Gasteiger partial charge in [0.2, 0.25) is 5.91 Å². The average Bonchev–Trinajstić information content (AvgIpc) is 3.17. The maximum Gasteiger partial charge on any atom is 0.249 e. The predicted octanol–water partition coefficient (Wildman–Crippen LogP) is 8.14. The maximum absolute atomic E-state index is 13.0.